The SMILES string of the molecule is CCOC(=O)C1=C(C)N(CC(C)C)C(=O)/C1=C\c1ccc(OCC(=O)NC2CCCCC2)cc1. The maximum absolute atomic E-state index is 13.1. The van der Waals surface area contributed by atoms with Crippen molar-refractivity contribution in [2.24, 2.45) is 5.92 Å². The zero-order valence-electron chi connectivity index (χ0n) is 20.7. The van der Waals surface area contributed by atoms with Crippen molar-refractivity contribution >= 4 is 23.9 Å². The molecule has 1 aromatic rings. The Morgan fingerprint density at radius 1 is 1.15 bits per heavy atom. The quantitative estimate of drug-likeness (QED) is 0.433. The van der Waals surface area contributed by atoms with E-state index in [1.165, 1.54) is 6.42 Å². The molecule has 0 atom stereocenters. The maximum Gasteiger partial charge on any atom is 0.340 e. The lowest BCUT2D eigenvalue weighted by atomic mass is 9.95. The van der Waals surface area contributed by atoms with Crippen molar-refractivity contribution in [2.75, 3.05) is 19.8 Å². The summed E-state index contributed by atoms with van der Waals surface area (Å²) in [5.41, 5.74) is 2.01. The van der Waals surface area contributed by atoms with Gasteiger partial charge in [0.05, 0.1) is 17.8 Å². The first-order chi connectivity index (χ1) is 16.3. The van der Waals surface area contributed by atoms with E-state index < -0.39 is 5.97 Å². The van der Waals surface area contributed by atoms with Crippen molar-refractivity contribution < 1.29 is 23.9 Å². The van der Waals surface area contributed by atoms with Crippen molar-refractivity contribution in [1.29, 1.82) is 0 Å². The Morgan fingerprint density at radius 2 is 1.82 bits per heavy atom. The van der Waals surface area contributed by atoms with Gasteiger partial charge in [0.25, 0.3) is 11.8 Å². The molecule has 1 N–H and O–H groups in total. The van der Waals surface area contributed by atoms with Crippen molar-refractivity contribution in [3.8, 4) is 5.75 Å². The number of carbonyl (C=O) groups is 3. The van der Waals surface area contributed by atoms with Crippen LogP contribution in [0.4, 0.5) is 0 Å². The molecule has 0 bridgehead atoms. The van der Waals surface area contributed by atoms with Gasteiger partial charge in [0, 0.05) is 18.3 Å². The lowest BCUT2D eigenvalue weighted by Crippen LogP contribution is -2.38. The maximum atomic E-state index is 13.1. The van der Waals surface area contributed by atoms with Gasteiger partial charge in [0.2, 0.25) is 0 Å². The molecule has 2 amide bonds. The summed E-state index contributed by atoms with van der Waals surface area (Å²) in [6.45, 7) is 8.31. The summed E-state index contributed by atoms with van der Waals surface area (Å²) < 4.78 is 10.9. The molecule has 3 rings (SSSR count). The Labute approximate surface area is 202 Å². The third-order valence-electron chi connectivity index (χ3n) is 6.07. The molecule has 34 heavy (non-hydrogen) atoms. The largest absolute Gasteiger partial charge is 0.484 e. The van der Waals surface area contributed by atoms with E-state index in [1.807, 2.05) is 13.8 Å². The highest BCUT2D eigenvalue weighted by molar-refractivity contribution is 6.16. The highest BCUT2D eigenvalue weighted by atomic mass is 16.5. The van der Waals surface area contributed by atoms with Gasteiger partial charge in [-0.25, -0.2) is 4.79 Å². The smallest absolute Gasteiger partial charge is 0.340 e. The summed E-state index contributed by atoms with van der Waals surface area (Å²) in [5, 5.41) is 3.04. The van der Waals surface area contributed by atoms with E-state index in [0.29, 0.717) is 29.1 Å². The number of allylic oxidation sites excluding steroid dienone is 1. The number of carbonyl (C=O) groups excluding carboxylic acids is 3. The molecule has 7 nitrogen and oxygen atoms in total. The normalized spacial score (nSPS) is 18.1. The predicted molar refractivity (Wildman–Crippen MR) is 131 cm³/mol. The lowest BCUT2D eigenvalue weighted by Gasteiger charge is -2.22. The Balaban J connectivity index is 1.69. The minimum atomic E-state index is -0.491. The molecule has 0 spiro atoms. The van der Waals surface area contributed by atoms with Gasteiger partial charge in [-0.3, -0.25) is 9.59 Å². The summed E-state index contributed by atoms with van der Waals surface area (Å²) in [5.74, 6) is 0.0224. The summed E-state index contributed by atoms with van der Waals surface area (Å²) in [6.07, 6.45) is 7.33. The van der Waals surface area contributed by atoms with Gasteiger partial charge in [0.15, 0.2) is 6.61 Å². The van der Waals surface area contributed by atoms with E-state index in [4.69, 9.17) is 9.47 Å². The number of hydrogen-bond acceptors (Lipinski definition) is 5. The predicted octanol–water partition coefficient (Wildman–Crippen LogP) is 4.23. The monoisotopic (exact) mass is 468 g/mol. The van der Waals surface area contributed by atoms with Crippen LogP contribution in [0.2, 0.25) is 0 Å². The molecule has 1 aliphatic carbocycles. The van der Waals surface area contributed by atoms with Crippen LogP contribution in [0.1, 0.15) is 65.4 Å². The Kier molecular flexibility index (Phi) is 8.91. The van der Waals surface area contributed by atoms with Crippen LogP contribution in [0.3, 0.4) is 0 Å². The van der Waals surface area contributed by atoms with Gasteiger partial charge < -0.3 is 19.7 Å². The molecule has 1 saturated carbocycles. The van der Waals surface area contributed by atoms with Crippen molar-refractivity contribution in [3.05, 3.63) is 46.7 Å². The number of hydrogen-bond donors (Lipinski definition) is 1. The third kappa shape index (κ3) is 6.49. The number of nitrogens with zero attached hydrogens (tertiary/aromatic N) is 1. The van der Waals surface area contributed by atoms with Crippen molar-refractivity contribution in [2.45, 2.75) is 65.8 Å². The van der Waals surface area contributed by atoms with Crippen LogP contribution >= 0.6 is 0 Å². The van der Waals surface area contributed by atoms with Crippen LogP contribution in [-0.2, 0) is 19.1 Å². The van der Waals surface area contributed by atoms with E-state index in [-0.39, 0.29) is 37.0 Å². The second-order valence-electron chi connectivity index (χ2n) is 9.31. The minimum absolute atomic E-state index is 0.0332. The fourth-order valence-electron chi connectivity index (χ4n) is 4.41. The number of amides is 2. The van der Waals surface area contributed by atoms with Gasteiger partial charge in [0.1, 0.15) is 5.75 Å². The molecule has 2 aliphatic rings. The molecule has 0 aromatic heterocycles. The van der Waals surface area contributed by atoms with E-state index in [2.05, 4.69) is 5.32 Å². The van der Waals surface area contributed by atoms with Crippen LogP contribution in [-0.4, -0.2) is 48.5 Å². The summed E-state index contributed by atoms with van der Waals surface area (Å²) in [6, 6.07) is 7.37. The highest BCUT2D eigenvalue weighted by Crippen LogP contribution is 2.32. The topological polar surface area (TPSA) is 84.9 Å². The average molecular weight is 469 g/mol. The van der Waals surface area contributed by atoms with Crippen LogP contribution in [0, 0.1) is 5.92 Å². The van der Waals surface area contributed by atoms with Crippen molar-refractivity contribution in [3.63, 3.8) is 0 Å². The second kappa shape index (κ2) is 11.9. The van der Waals surface area contributed by atoms with Gasteiger partial charge in [-0.15, -0.1) is 0 Å². The molecular formula is C27H36N2O5. The van der Waals surface area contributed by atoms with E-state index in [0.717, 1.165) is 31.2 Å². The Morgan fingerprint density at radius 3 is 2.44 bits per heavy atom. The molecule has 0 radical (unpaired) electrons. The number of benzene rings is 1. The van der Waals surface area contributed by atoms with Crippen molar-refractivity contribution in [1.82, 2.24) is 10.2 Å². The van der Waals surface area contributed by atoms with Crippen LogP contribution in [0.25, 0.3) is 6.08 Å². The van der Waals surface area contributed by atoms with Gasteiger partial charge >= 0.3 is 5.97 Å². The Hall–Kier alpha value is -3.09. The standard InChI is InChI=1S/C27H36N2O5/c1-5-33-27(32)25-19(4)29(16-18(2)3)26(31)23(25)15-20-11-13-22(14-12-20)34-17-24(30)28-21-9-7-6-8-10-21/h11-15,18,21H,5-10,16-17H2,1-4H3,(H,28,30)/b23-15-. The molecule has 0 saturated heterocycles. The first-order valence-corrected chi connectivity index (χ1v) is 12.2. The summed E-state index contributed by atoms with van der Waals surface area (Å²) in [4.78, 5) is 39.6. The van der Waals surface area contributed by atoms with Gasteiger partial charge in [-0.1, -0.05) is 45.2 Å². The molecule has 1 aromatic carbocycles. The fraction of sp³-hybridized carbons (Fsp3) is 0.519. The molecule has 1 fully saturated rings. The number of rotatable bonds is 9. The molecule has 1 heterocycles. The zero-order valence-corrected chi connectivity index (χ0v) is 20.7. The first kappa shape index (κ1) is 25.5. The molecule has 1 aliphatic heterocycles. The number of nitrogens with one attached hydrogen (secondary N) is 1. The highest BCUT2D eigenvalue weighted by Gasteiger charge is 2.37. The average Bonchev–Trinajstić information content (AvgIpc) is 3.03. The van der Waals surface area contributed by atoms with Crippen LogP contribution in [0.15, 0.2) is 41.1 Å². The molecule has 7 heteroatoms. The Bertz CT molecular complexity index is 956. The molecular weight excluding hydrogens is 432 g/mol. The van der Waals surface area contributed by atoms with Crippen LogP contribution in [0.5, 0.6) is 5.75 Å². The lowest BCUT2D eigenvalue weighted by molar-refractivity contribution is -0.138. The minimum Gasteiger partial charge on any atom is -0.484 e. The summed E-state index contributed by atoms with van der Waals surface area (Å²) >= 11 is 0. The first-order valence-electron chi connectivity index (χ1n) is 12.2. The van der Waals surface area contributed by atoms with Gasteiger partial charge in [-0.05, 0) is 56.4 Å². The van der Waals surface area contributed by atoms with E-state index in [9.17, 15) is 14.4 Å². The van der Waals surface area contributed by atoms with Gasteiger partial charge in [-0.2, -0.15) is 0 Å². The number of ether oxygens (including phenoxy) is 2. The summed E-state index contributed by atoms with van der Waals surface area (Å²) in [7, 11) is 0. The zero-order chi connectivity index (χ0) is 24.7. The third-order valence-corrected chi connectivity index (χ3v) is 6.07. The molecule has 184 valence electrons. The fourth-order valence-corrected chi connectivity index (χ4v) is 4.41. The number of esters is 1. The van der Waals surface area contributed by atoms with E-state index >= 15 is 0 Å². The second-order valence-corrected chi connectivity index (χ2v) is 9.31. The van der Waals surface area contributed by atoms with Crippen LogP contribution < -0.4 is 10.1 Å². The van der Waals surface area contributed by atoms with E-state index in [1.54, 1.807) is 49.1 Å². The molecule has 0 unspecified atom stereocenters.